The maximum atomic E-state index is 5.54. The maximum absolute atomic E-state index is 5.54. The minimum absolute atomic E-state index is 0.698. The summed E-state index contributed by atoms with van der Waals surface area (Å²) in [5, 5.41) is 3.29. The van der Waals surface area contributed by atoms with E-state index in [9.17, 15) is 0 Å². The van der Waals surface area contributed by atoms with E-state index in [-0.39, 0.29) is 0 Å². The first-order chi connectivity index (χ1) is 4.80. The summed E-state index contributed by atoms with van der Waals surface area (Å²) in [5.41, 5.74) is 5.54. The molecule has 3 heteroatoms. The molecule has 1 aliphatic heterocycles. The molecule has 0 aromatic rings. The highest BCUT2D eigenvalue weighted by molar-refractivity contribution is 4.87. The molecule has 1 saturated heterocycles. The molecule has 1 fully saturated rings. The SMILES string of the molecule is C=C(N)N1CCCNCC1. The first kappa shape index (κ1) is 7.41. The second kappa shape index (κ2) is 3.46. The second-order valence-electron chi connectivity index (χ2n) is 2.58. The van der Waals surface area contributed by atoms with Crippen LogP contribution in [-0.4, -0.2) is 31.1 Å². The highest BCUT2D eigenvalue weighted by Crippen LogP contribution is 1.98. The fourth-order valence-electron chi connectivity index (χ4n) is 1.13. The monoisotopic (exact) mass is 141 g/mol. The van der Waals surface area contributed by atoms with Gasteiger partial charge in [-0.15, -0.1) is 0 Å². The molecule has 0 amide bonds. The summed E-state index contributed by atoms with van der Waals surface area (Å²) in [4.78, 5) is 2.11. The topological polar surface area (TPSA) is 41.3 Å². The Morgan fingerprint density at radius 3 is 2.90 bits per heavy atom. The molecule has 3 nitrogen and oxygen atoms in total. The molecule has 1 rings (SSSR count). The lowest BCUT2D eigenvalue weighted by atomic mass is 10.4. The Kier molecular flexibility index (Phi) is 2.57. The van der Waals surface area contributed by atoms with E-state index in [1.54, 1.807) is 0 Å². The van der Waals surface area contributed by atoms with E-state index in [0.29, 0.717) is 5.82 Å². The van der Waals surface area contributed by atoms with E-state index in [4.69, 9.17) is 5.73 Å². The maximum Gasteiger partial charge on any atom is 0.0912 e. The molecule has 0 unspecified atom stereocenters. The predicted molar refractivity (Wildman–Crippen MR) is 42.4 cm³/mol. The van der Waals surface area contributed by atoms with Crippen molar-refractivity contribution in [3.05, 3.63) is 12.4 Å². The van der Waals surface area contributed by atoms with Crippen molar-refractivity contribution in [3.63, 3.8) is 0 Å². The van der Waals surface area contributed by atoms with Crippen molar-refractivity contribution in [1.29, 1.82) is 0 Å². The number of nitrogens with two attached hydrogens (primary N) is 1. The number of hydrogen-bond acceptors (Lipinski definition) is 3. The Morgan fingerprint density at radius 2 is 2.20 bits per heavy atom. The third kappa shape index (κ3) is 1.92. The summed E-state index contributed by atoms with van der Waals surface area (Å²) in [7, 11) is 0. The van der Waals surface area contributed by atoms with Gasteiger partial charge in [-0.3, -0.25) is 0 Å². The normalized spacial score (nSPS) is 20.2. The standard InChI is InChI=1S/C7H15N3/c1-7(8)10-5-2-3-9-4-6-10/h9H,1-6,8H2. The molecular weight excluding hydrogens is 126 g/mol. The molecule has 3 N–H and O–H groups in total. The van der Waals surface area contributed by atoms with E-state index >= 15 is 0 Å². The van der Waals surface area contributed by atoms with Gasteiger partial charge >= 0.3 is 0 Å². The number of nitrogens with zero attached hydrogens (tertiary/aromatic N) is 1. The minimum Gasteiger partial charge on any atom is -0.386 e. The minimum atomic E-state index is 0.698. The van der Waals surface area contributed by atoms with E-state index in [0.717, 1.165) is 32.6 Å². The lowest BCUT2D eigenvalue weighted by Crippen LogP contribution is -2.30. The molecule has 0 aromatic carbocycles. The summed E-state index contributed by atoms with van der Waals surface area (Å²) in [6.45, 7) is 7.86. The van der Waals surface area contributed by atoms with Gasteiger partial charge in [0.05, 0.1) is 5.82 Å². The van der Waals surface area contributed by atoms with Gasteiger partial charge in [-0.2, -0.15) is 0 Å². The molecule has 1 heterocycles. The van der Waals surface area contributed by atoms with Crippen LogP contribution in [-0.2, 0) is 0 Å². The zero-order valence-corrected chi connectivity index (χ0v) is 6.27. The van der Waals surface area contributed by atoms with Crippen LogP contribution in [0.1, 0.15) is 6.42 Å². The molecule has 0 aliphatic carbocycles. The van der Waals surface area contributed by atoms with Crippen molar-refractivity contribution < 1.29 is 0 Å². The summed E-state index contributed by atoms with van der Waals surface area (Å²) < 4.78 is 0. The predicted octanol–water partition coefficient (Wildman–Crippen LogP) is -0.288. The first-order valence-electron chi connectivity index (χ1n) is 3.71. The van der Waals surface area contributed by atoms with Gasteiger partial charge in [0, 0.05) is 19.6 Å². The van der Waals surface area contributed by atoms with Crippen LogP contribution in [0.25, 0.3) is 0 Å². The molecule has 10 heavy (non-hydrogen) atoms. The summed E-state index contributed by atoms with van der Waals surface area (Å²) in [5.74, 6) is 0.698. The molecule has 0 bridgehead atoms. The Bertz CT molecular complexity index is 114. The van der Waals surface area contributed by atoms with Gasteiger partial charge in [0.2, 0.25) is 0 Å². The van der Waals surface area contributed by atoms with Crippen LogP contribution in [0, 0.1) is 0 Å². The highest BCUT2D eigenvalue weighted by Gasteiger charge is 2.06. The molecular formula is C7H15N3. The van der Waals surface area contributed by atoms with Gasteiger partial charge in [0.15, 0.2) is 0 Å². The van der Waals surface area contributed by atoms with Gasteiger partial charge in [0.1, 0.15) is 0 Å². The summed E-state index contributed by atoms with van der Waals surface area (Å²) >= 11 is 0. The van der Waals surface area contributed by atoms with Crippen LogP contribution in [0.3, 0.4) is 0 Å². The average molecular weight is 141 g/mol. The van der Waals surface area contributed by atoms with Gasteiger partial charge in [-0.05, 0) is 13.0 Å². The molecule has 1 aliphatic rings. The van der Waals surface area contributed by atoms with Crippen molar-refractivity contribution in [3.8, 4) is 0 Å². The van der Waals surface area contributed by atoms with Crippen LogP contribution in [0.5, 0.6) is 0 Å². The summed E-state index contributed by atoms with van der Waals surface area (Å²) in [6.07, 6.45) is 1.16. The van der Waals surface area contributed by atoms with Crippen molar-refractivity contribution in [2.75, 3.05) is 26.2 Å². The van der Waals surface area contributed by atoms with E-state index < -0.39 is 0 Å². The fourth-order valence-corrected chi connectivity index (χ4v) is 1.13. The Labute approximate surface area is 61.9 Å². The van der Waals surface area contributed by atoms with Crippen LogP contribution in [0.15, 0.2) is 12.4 Å². The first-order valence-corrected chi connectivity index (χ1v) is 3.71. The zero-order valence-electron chi connectivity index (χ0n) is 6.27. The molecule has 0 saturated carbocycles. The van der Waals surface area contributed by atoms with E-state index in [2.05, 4.69) is 16.8 Å². The lowest BCUT2D eigenvalue weighted by Gasteiger charge is -2.20. The van der Waals surface area contributed by atoms with E-state index in [1.807, 2.05) is 0 Å². The highest BCUT2D eigenvalue weighted by atomic mass is 15.2. The van der Waals surface area contributed by atoms with Gasteiger partial charge in [0.25, 0.3) is 0 Å². The van der Waals surface area contributed by atoms with Gasteiger partial charge in [-0.25, -0.2) is 0 Å². The fraction of sp³-hybridized carbons (Fsp3) is 0.714. The van der Waals surface area contributed by atoms with Crippen LogP contribution >= 0.6 is 0 Å². The van der Waals surface area contributed by atoms with Crippen LogP contribution in [0.4, 0.5) is 0 Å². The number of nitrogens with one attached hydrogen (secondary N) is 1. The quantitative estimate of drug-likeness (QED) is 0.527. The third-order valence-electron chi connectivity index (χ3n) is 1.75. The van der Waals surface area contributed by atoms with Crippen molar-refractivity contribution in [2.24, 2.45) is 5.73 Å². The zero-order chi connectivity index (χ0) is 7.40. The van der Waals surface area contributed by atoms with Crippen LogP contribution < -0.4 is 11.1 Å². The molecule has 58 valence electrons. The smallest absolute Gasteiger partial charge is 0.0912 e. The number of hydrogen-bond donors (Lipinski definition) is 2. The Balaban J connectivity index is 2.35. The molecule has 0 aromatic heterocycles. The molecule has 0 spiro atoms. The van der Waals surface area contributed by atoms with Gasteiger partial charge < -0.3 is 16.0 Å². The van der Waals surface area contributed by atoms with Crippen molar-refractivity contribution in [1.82, 2.24) is 10.2 Å². The van der Waals surface area contributed by atoms with E-state index in [1.165, 1.54) is 0 Å². The summed E-state index contributed by atoms with van der Waals surface area (Å²) in [6, 6.07) is 0. The second-order valence-corrected chi connectivity index (χ2v) is 2.58. The third-order valence-corrected chi connectivity index (χ3v) is 1.75. The molecule has 0 atom stereocenters. The Hall–Kier alpha value is -0.700. The van der Waals surface area contributed by atoms with Crippen molar-refractivity contribution >= 4 is 0 Å². The number of rotatable bonds is 1. The lowest BCUT2D eigenvalue weighted by molar-refractivity contribution is 0.365. The largest absolute Gasteiger partial charge is 0.386 e. The van der Waals surface area contributed by atoms with Crippen molar-refractivity contribution in [2.45, 2.75) is 6.42 Å². The molecule has 0 radical (unpaired) electrons. The van der Waals surface area contributed by atoms with Gasteiger partial charge in [-0.1, -0.05) is 6.58 Å². The van der Waals surface area contributed by atoms with Crippen LogP contribution in [0.2, 0.25) is 0 Å². The average Bonchev–Trinajstić information content (AvgIpc) is 2.12. The Morgan fingerprint density at radius 1 is 1.40 bits per heavy atom.